The van der Waals surface area contributed by atoms with Crippen LogP contribution < -0.4 is 9.47 Å². The van der Waals surface area contributed by atoms with Gasteiger partial charge in [-0.15, -0.1) is 0 Å². The third kappa shape index (κ3) is 1.61. The average molecular weight is 327 g/mol. The van der Waals surface area contributed by atoms with Gasteiger partial charge in [-0.2, -0.15) is 0 Å². The van der Waals surface area contributed by atoms with E-state index in [1.54, 1.807) is 7.11 Å². The molecule has 5 atom stereocenters. The maximum atomic E-state index is 10.7. The fourth-order valence-electron chi connectivity index (χ4n) is 5.85. The predicted molar refractivity (Wildman–Crippen MR) is 91.7 cm³/mol. The first-order valence-electron chi connectivity index (χ1n) is 9.18. The van der Waals surface area contributed by atoms with Gasteiger partial charge in [0.2, 0.25) is 0 Å². The molecule has 1 N–H and O–H groups in total. The lowest BCUT2D eigenvalue weighted by atomic mass is 9.53. The van der Waals surface area contributed by atoms with Crippen LogP contribution >= 0.6 is 0 Å². The van der Waals surface area contributed by atoms with Crippen LogP contribution in [0.25, 0.3) is 0 Å². The zero-order valence-electron chi connectivity index (χ0n) is 14.4. The van der Waals surface area contributed by atoms with Crippen LogP contribution in [0.15, 0.2) is 24.3 Å². The highest BCUT2D eigenvalue weighted by atomic mass is 16.5. The van der Waals surface area contributed by atoms with Gasteiger partial charge in [-0.25, -0.2) is 0 Å². The van der Waals surface area contributed by atoms with Crippen LogP contribution in [0.4, 0.5) is 0 Å². The number of benzene rings is 1. The van der Waals surface area contributed by atoms with E-state index in [0.717, 1.165) is 37.4 Å². The third-order valence-electron chi connectivity index (χ3n) is 6.70. The zero-order valence-corrected chi connectivity index (χ0v) is 14.4. The molecular weight excluding hydrogens is 302 g/mol. The Morgan fingerprint density at radius 3 is 3.04 bits per heavy atom. The molecule has 5 unspecified atom stereocenters. The lowest BCUT2D eigenvalue weighted by Crippen LogP contribution is -2.65. The first kappa shape index (κ1) is 14.8. The van der Waals surface area contributed by atoms with Crippen molar-refractivity contribution in [1.82, 2.24) is 4.90 Å². The van der Waals surface area contributed by atoms with Crippen molar-refractivity contribution in [1.29, 1.82) is 0 Å². The van der Waals surface area contributed by atoms with Gasteiger partial charge in [0.25, 0.3) is 0 Å². The molecule has 128 valence electrons. The summed E-state index contributed by atoms with van der Waals surface area (Å²) in [5.74, 6) is 2.11. The van der Waals surface area contributed by atoms with Crippen LogP contribution in [0.1, 0.15) is 30.9 Å². The molecular formula is C20H25NO3. The smallest absolute Gasteiger partial charge is 0.165 e. The Labute approximate surface area is 143 Å². The highest BCUT2D eigenvalue weighted by Crippen LogP contribution is 2.62. The lowest BCUT2D eigenvalue weighted by molar-refractivity contribution is -0.0515. The van der Waals surface area contributed by atoms with E-state index in [-0.39, 0.29) is 11.5 Å². The van der Waals surface area contributed by atoms with Crippen LogP contribution in [0.5, 0.6) is 11.5 Å². The zero-order chi connectivity index (χ0) is 16.5. The van der Waals surface area contributed by atoms with Gasteiger partial charge < -0.3 is 14.6 Å². The standard InChI is InChI=1S/C20H25NO3/c1-3-9-21-10-8-20-13-5-6-15(22)19(20)24-18-16(23-2)7-4-12(17(18)20)11-14(13)21/h4-7,13-15,19,22H,3,8-11H2,1-2H3. The molecule has 1 fully saturated rings. The van der Waals surface area contributed by atoms with Crippen molar-refractivity contribution in [3.05, 3.63) is 35.4 Å². The first-order valence-corrected chi connectivity index (χ1v) is 9.18. The summed E-state index contributed by atoms with van der Waals surface area (Å²) in [5.41, 5.74) is 2.63. The van der Waals surface area contributed by atoms with Crippen molar-refractivity contribution in [2.45, 2.75) is 49.9 Å². The molecule has 24 heavy (non-hydrogen) atoms. The first-order chi connectivity index (χ1) is 11.7. The van der Waals surface area contributed by atoms with Gasteiger partial charge in [-0.05, 0) is 44.0 Å². The van der Waals surface area contributed by atoms with Crippen LogP contribution in [0.2, 0.25) is 0 Å². The minimum Gasteiger partial charge on any atom is -0.493 e. The molecule has 2 aliphatic heterocycles. The summed E-state index contributed by atoms with van der Waals surface area (Å²) in [4.78, 5) is 2.65. The number of hydrogen-bond donors (Lipinski definition) is 1. The summed E-state index contributed by atoms with van der Waals surface area (Å²) < 4.78 is 11.9. The van der Waals surface area contributed by atoms with E-state index < -0.39 is 6.10 Å². The molecule has 5 rings (SSSR count). The molecule has 0 amide bonds. The molecule has 2 aliphatic carbocycles. The van der Waals surface area contributed by atoms with Gasteiger partial charge in [-0.1, -0.05) is 25.1 Å². The molecule has 2 heterocycles. The second-order valence-electron chi connectivity index (χ2n) is 7.67. The number of likely N-dealkylation sites (tertiary alicyclic amines) is 1. The fourth-order valence-corrected chi connectivity index (χ4v) is 5.85. The second-order valence-corrected chi connectivity index (χ2v) is 7.67. The normalized spacial score (nSPS) is 38.6. The van der Waals surface area contributed by atoms with Gasteiger partial charge in [0.15, 0.2) is 11.5 Å². The number of nitrogens with zero attached hydrogens (tertiary/aromatic N) is 1. The number of aliphatic hydroxyl groups excluding tert-OH is 1. The Balaban J connectivity index is 1.73. The van der Waals surface area contributed by atoms with Crippen molar-refractivity contribution in [3.8, 4) is 11.5 Å². The number of rotatable bonds is 3. The van der Waals surface area contributed by atoms with Gasteiger partial charge in [-0.3, -0.25) is 4.90 Å². The van der Waals surface area contributed by atoms with E-state index in [0.29, 0.717) is 12.0 Å². The highest BCUT2D eigenvalue weighted by molar-refractivity contribution is 5.62. The number of ether oxygens (including phenoxy) is 2. The molecule has 1 saturated heterocycles. The van der Waals surface area contributed by atoms with Gasteiger partial charge in [0, 0.05) is 22.9 Å². The Hall–Kier alpha value is -1.52. The molecule has 4 heteroatoms. The highest BCUT2D eigenvalue weighted by Gasteiger charge is 2.64. The minimum atomic E-state index is -0.539. The Morgan fingerprint density at radius 1 is 1.38 bits per heavy atom. The topological polar surface area (TPSA) is 41.9 Å². The molecule has 1 aromatic rings. The molecule has 4 aliphatic rings. The summed E-state index contributed by atoms with van der Waals surface area (Å²) in [5, 5.41) is 10.7. The largest absolute Gasteiger partial charge is 0.493 e. The maximum Gasteiger partial charge on any atom is 0.165 e. The average Bonchev–Trinajstić information content (AvgIpc) is 2.94. The maximum absolute atomic E-state index is 10.7. The van der Waals surface area contributed by atoms with Crippen molar-refractivity contribution >= 4 is 0 Å². The van der Waals surface area contributed by atoms with E-state index in [2.05, 4.69) is 24.0 Å². The predicted octanol–water partition coefficient (Wildman–Crippen LogP) is 2.28. The SMILES string of the molecule is CCCN1CCC23c4c5ccc(OC)c4OC2C(O)C=CC3C1C5. The van der Waals surface area contributed by atoms with Crippen LogP contribution in [-0.4, -0.2) is 48.5 Å². The van der Waals surface area contributed by atoms with Crippen molar-refractivity contribution in [2.24, 2.45) is 5.92 Å². The number of methoxy groups -OCH3 is 1. The Kier molecular flexibility index (Phi) is 3.08. The number of aliphatic hydroxyl groups is 1. The van der Waals surface area contributed by atoms with Crippen LogP contribution in [0.3, 0.4) is 0 Å². The van der Waals surface area contributed by atoms with E-state index >= 15 is 0 Å². The van der Waals surface area contributed by atoms with Crippen molar-refractivity contribution in [3.63, 3.8) is 0 Å². The van der Waals surface area contributed by atoms with Gasteiger partial charge in [0.1, 0.15) is 12.2 Å². The molecule has 4 nitrogen and oxygen atoms in total. The van der Waals surface area contributed by atoms with Crippen molar-refractivity contribution in [2.75, 3.05) is 20.2 Å². The van der Waals surface area contributed by atoms with E-state index in [1.165, 1.54) is 17.5 Å². The van der Waals surface area contributed by atoms with Crippen LogP contribution in [0, 0.1) is 5.92 Å². The quantitative estimate of drug-likeness (QED) is 0.865. The molecule has 0 saturated carbocycles. The molecule has 0 aromatic heterocycles. The third-order valence-corrected chi connectivity index (χ3v) is 6.70. The lowest BCUT2D eigenvalue weighted by Gasteiger charge is -2.57. The molecule has 1 aromatic carbocycles. The Morgan fingerprint density at radius 2 is 2.25 bits per heavy atom. The Bertz CT molecular complexity index is 715. The summed E-state index contributed by atoms with van der Waals surface area (Å²) in [6.45, 7) is 4.50. The minimum absolute atomic E-state index is 0.0828. The molecule has 0 radical (unpaired) electrons. The monoisotopic (exact) mass is 327 g/mol. The molecule has 1 spiro atoms. The van der Waals surface area contributed by atoms with E-state index in [1.807, 2.05) is 12.1 Å². The number of piperidine rings is 1. The summed E-state index contributed by atoms with van der Waals surface area (Å²) >= 11 is 0. The van der Waals surface area contributed by atoms with E-state index in [4.69, 9.17) is 9.47 Å². The van der Waals surface area contributed by atoms with Gasteiger partial charge >= 0.3 is 0 Å². The fraction of sp³-hybridized carbons (Fsp3) is 0.600. The van der Waals surface area contributed by atoms with Crippen molar-refractivity contribution < 1.29 is 14.6 Å². The molecule has 2 bridgehead atoms. The summed E-state index contributed by atoms with van der Waals surface area (Å²) in [6.07, 6.45) is 6.81. The van der Waals surface area contributed by atoms with Crippen LogP contribution in [-0.2, 0) is 11.8 Å². The summed E-state index contributed by atoms with van der Waals surface area (Å²) in [7, 11) is 1.70. The van der Waals surface area contributed by atoms with Gasteiger partial charge in [0.05, 0.1) is 7.11 Å². The second kappa shape index (κ2) is 4.99. The number of hydrogen-bond acceptors (Lipinski definition) is 4. The summed E-state index contributed by atoms with van der Waals surface area (Å²) in [6, 6.07) is 4.76. The van der Waals surface area contributed by atoms with E-state index in [9.17, 15) is 5.11 Å².